The van der Waals surface area contributed by atoms with Crippen molar-refractivity contribution >= 4 is 0 Å². The summed E-state index contributed by atoms with van der Waals surface area (Å²) in [6.07, 6.45) is 9.48. The van der Waals surface area contributed by atoms with Gasteiger partial charge in [-0.2, -0.15) is 13.3 Å². The maximum absolute atomic E-state index is 3.78. The van der Waals surface area contributed by atoms with Gasteiger partial charge in [-0.05, 0) is 0 Å². The van der Waals surface area contributed by atoms with Crippen molar-refractivity contribution in [2.75, 3.05) is 0 Å². The SMILES string of the molecule is C=C[CH2-].[CH2-]C.[CH2-]CCCCCCC.[Zn]. The van der Waals surface area contributed by atoms with Crippen LogP contribution in [0.1, 0.15) is 52.4 Å². The van der Waals surface area contributed by atoms with Crippen LogP contribution in [0.15, 0.2) is 12.7 Å². The van der Waals surface area contributed by atoms with E-state index in [1.807, 2.05) is 0 Å². The smallest absolute Gasteiger partial charge is 0 e. The molecule has 0 N–H and O–H groups in total. The summed E-state index contributed by atoms with van der Waals surface area (Å²) in [5, 5.41) is 0. The first-order valence-corrected chi connectivity index (χ1v) is 5.23. The van der Waals surface area contributed by atoms with Crippen LogP contribution in [0.25, 0.3) is 0 Å². The Hall–Kier alpha value is 0.233. The Kier molecular flexibility index (Phi) is 64.4. The minimum absolute atomic E-state index is 0. The van der Waals surface area contributed by atoms with Crippen molar-refractivity contribution in [3.63, 3.8) is 0 Å². The standard InChI is InChI=1S/C8H17.C3H5.C2H5.Zn/c1-3-5-7-8-6-4-2;1-3-2;1-2;/h1,3-8H2,2H3;3H,1-2H2;1H2,2H3;/q3*-1;. The Balaban J connectivity index is -0.0000000716. The summed E-state index contributed by atoms with van der Waals surface area (Å²) in [7, 11) is 0. The van der Waals surface area contributed by atoms with Gasteiger partial charge in [-0.15, -0.1) is 0 Å². The first kappa shape index (κ1) is 23.8. The fourth-order valence-corrected chi connectivity index (χ4v) is 0.780. The van der Waals surface area contributed by atoms with Crippen molar-refractivity contribution in [2.24, 2.45) is 0 Å². The number of hydrogen-bond donors (Lipinski definition) is 0. The van der Waals surface area contributed by atoms with Gasteiger partial charge < -0.3 is 13.8 Å². The summed E-state index contributed by atoms with van der Waals surface area (Å²) in [6, 6.07) is 0. The van der Waals surface area contributed by atoms with E-state index in [0.717, 1.165) is 6.42 Å². The predicted molar refractivity (Wildman–Crippen MR) is 65.3 cm³/mol. The largest absolute Gasteiger partial charge is 0.346 e. The molecule has 0 atom stereocenters. The van der Waals surface area contributed by atoms with E-state index in [1.165, 1.54) is 38.2 Å². The molecule has 0 fully saturated rings. The van der Waals surface area contributed by atoms with Crippen LogP contribution in [0.4, 0.5) is 0 Å². The van der Waals surface area contributed by atoms with E-state index < -0.39 is 0 Å². The van der Waals surface area contributed by atoms with Crippen molar-refractivity contribution < 1.29 is 19.5 Å². The molecule has 1 heteroatoms. The molecule has 0 aromatic heterocycles. The van der Waals surface area contributed by atoms with Gasteiger partial charge in [0.25, 0.3) is 0 Å². The molecule has 0 rings (SSSR count). The van der Waals surface area contributed by atoms with E-state index in [0.29, 0.717) is 0 Å². The molecule has 0 aliphatic carbocycles. The van der Waals surface area contributed by atoms with Crippen LogP contribution in [-0.4, -0.2) is 0 Å². The van der Waals surface area contributed by atoms with Gasteiger partial charge in [0.1, 0.15) is 0 Å². The first-order valence-electron chi connectivity index (χ1n) is 5.23. The van der Waals surface area contributed by atoms with Crippen LogP contribution in [0.5, 0.6) is 0 Å². The summed E-state index contributed by atoms with van der Waals surface area (Å²) in [5.41, 5.74) is 0. The molecule has 0 aliphatic rings. The first-order chi connectivity index (χ1) is 6.33. The molecule has 84 valence electrons. The van der Waals surface area contributed by atoms with Crippen LogP contribution in [0.3, 0.4) is 0 Å². The Morgan fingerprint density at radius 3 is 1.71 bits per heavy atom. The zero-order valence-corrected chi connectivity index (χ0v) is 13.3. The molecule has 0 unspecified atom stereocenters. The molecule has 0 saturated carbocycles. The third-order valence-electron chi connectivity index (χ3n) is 1.35. The van der Waals surface area contributed by atoms with E-state index in [9.17, 15) is 0 Å². The van der Waals surface area contributed by atoms with Crippen molar-refractivity contribution in [2.45, 2.75) is 52.4 Å². The van der Waals surface area contributed by atoms with Crippen molar-refractivity contribution in [3.05, 3.63) is 33.4 Å². The summed E-state index contributed by atoms with van der Waals surface area (Å²) < 4.78 is 0. The van der Waals surface area contributed by atoms with Crippen LogP contribution in [0.2, 0.25) is 0 Å². The number of hydrogen-bond acceptors (Lipinski definition) is 0. The molecule has 0 spiro atoms. The molecule has 0 aliphatic heterocycles. The van der Waals surface area contributed by atoms with Crippen LogP contribution in [0, 0.1) is 20.8 Å². The summed E-state index contributed by atoms with van der Waals surface area (Å²) in [6.45, 7) is 17.5. The second kappa shape index (κ2) is 37.9. The van der Waals surface area contributed by atoms with E-state index in [-0.39, 0.29) is 19.5 Å². The molecule has 0 bridgehead atoms. The summed E-state index contributed by atoms with van der Waals surface area (Å²) >= 11 is 0. The second-order valence-corrected chi connectivity index (χ2v) is 2.56. The summed E-state index contributed by atoms with van der Waals surface area (Å²) in [4.78, 5) is 0. The summed E-state index contributed by atoms with van der Waals surface area (Å²) in [5.74, 6) is 0. The fraction of sp³-hybridized carbons (Fsp3) is 0.615. The monoisotopic (exact) mass is 247 g/mol. The molecule has 14 heavy (non-hydrogen) atoms. The van der Waals surface area contributed by atoms with Gasteiger partial charge in [-0.25, -0.2) is 19.6 Å². The molecular formula is C13H27Zn-3. The zero-order valence-electron chi connectivity index (χ0n) is 10.4. The molecule has 0 saturated heterocycles. The van der Waals surface area contributed by atoms with E-state index in [2.05, 4.69) is 34.3 Å². The Morgan fingerprint density at radius 1 is 1.07 bits per heavy atom. The minimum Gasteiger partial charge on any atom is -0.346 e. The molecule has 0 aromatic carbocycles. The molecule has 0 radical (unpaired) electrons. The van der Waals surface area contributed by atoms with Gasteiger partial charge in [0.15, 0.2) is 0 Å². The number of rotatable bonds is 5. The molecular weight excluding hydrogens is 222 g/mol. The van der Waals surface area contributed by atoms with Gasteiger partial charge in [0, 0.05) is 19.5 Å². The van der Waals surface area contributed by atoms with Gasteiger partial charge in [0.05, 0.1) is 0 Å². The van der Waals surface area contributed by atoms with Crippen molar-refractivity contribution in [3.8, 4) is 0 Å². The van der Waals surface area contributed by atoms with Crippen molar-refractivity contribution in [1.29, 1.82) is 0 Å². The quantitative estimate of drug-likeness (QED) is 0.364. The van der Waals surface area contributed by atoms with Gasteiger partial charge in [0.2, 0.25) is 0 Å². The minimum atomic E-state index is 0. The fourth-order valence-electron chi connectivity index (χ4n) is 0.780. The maximum atomic E-state index is 3.78. The topological polar surface area (TPSA) is 0 Å². The molecule has 0 nitrogen and oxygen atoms in total. The van der Waals surface area contributed by atoms with E-state index in [4.69, 9.17) is 0 Å². The van der Waals surface area contributed by atoms with Gasteiger partial charge >= 0.3 is 0 Å². The Labute approximate surface area is 105 Å². The Morgan fingerprint density at radius 2 is 1.43 bits per heavy atom. The molecule has 0 aromatic rings. The van der Waals surface area contributed by atoms with Crippen molar-refractivity contribution in [1.82, 2.24) is 0 Å². The average Bonchev–Trinajstić information content (AvgIpc) is 2.17. The third kappa shape index (κ3) is 56.4. The third-order valence-corrected chi connectivity index (χ3v) is 1.35. The normalized spacial score (nSPS) is 6.86. The molecule has 0 amide bonds. The zero-order chi connectivity index (χ0) is 10.9. The average molecular weight is 249 g/mol. The van der Waals surface area contributed by atoms with Gasteiger partial charge in [-0.1, -0.05) is 39.0 Å². The number of unbranched alkanes of at least 4 members (excludes halogenated alkanes) is 5. The van der Waals surface area contributed by atoms with Gasteiger partial charge in [-0.3, -0.25) is 0 Å². The van der Waals surface area contributed by atoms with E-state index >= 15 is 0 Å². The predicted octanol–water partition coefficient (Wildman–Crippen LogP) is 5.03. The van der Waals surface area contributed by atoms with Crippen LogP contribution < -0.4 is 0 Å². The second-order valence-electron chi connectivity index (χ2n) is 2.56. The van der Waals surface area contributed by atoms with Crippen LogP contribution in [-0.2, 0) is 19.5 Å². The molecule has 0 heterocycles. The number of allylic oxidation sites excluding steroid dienone is 1. The maximum Gasteiger partial charge on any atom is 0 e. The van der Waals surface area contributed by atoms with Crippen LogP contribution >= 0.6 is 0 Å². The van der Waals surface area contributed by atoms with E-state index in [1.54, 1.807) is 6.92 Å². The Bertz CT molecular complexity index is 54.3.